The van der Waals surface area contributed by atoms with Gasteiger partial charge in [-0.25, -0.2) is 14.6 Å². The molecule has 0 aliphatic heterocycles. The van der Waals surface area contributed by atoms with E-state index in [2.05, 4.69) is 20.2 Å². The van der Waals surface area contributed by atoms with E-state index in [-0.39, 0.29) is 0 Å². The van der Waals surface area contributed by atoms with Crippen molar-refractivity contribution in [3.8, 4) is 11.1 Å². The number of aromatic nitrogens is 5. The number of nitrogens with two attached hydrogens (primary N) is 1. The normalized spacial score (nSPS) is 11.2. The molecule has 4 aromatic rings. The summed E-state index contributed by atoms with van der Waals surface area (Å²) >= 11 is 5.93. The number of anilines is 1. The molecule has 0 radical (unpaired) electrons. The van der Waals surface area contributed by atoms with Crippen LogP contribution < -0.4 is 5.73 Å². The maximum absolute atomic E-state index is 5.93. The topological polar surface area (TPSA) is 95.7 Å². The first-order valence-corrected chi connectivity index (χ1v) is 7.21. The minimum atomic E-state index is 0.402. The molecular weight excluding hydrogens is 316 g/mol. The van der Waals surface area contributed by atoms with Crippen molar-refractivity contribution >= 4 is 28.5 Å². The first kappa shape index (κ1) is 13.7. The van der Waals surface area contributed by atoms with Crippen molar-refractivity contribution in [2.45, 2.75) is 6.54 Å². The second-order valence-corrected chi connectivity index (χ2v) is 5.42. The van der Waals surface area contributed by atoms with E-state index in [1.807, 2.05) is 24.3 Å². The van der Waals surface area contributed by atoms with Crippen LogP contribution in [0.2, 0.25) is 5.02 Å². The fourth-order valence-corrected chi connectivity index (χ4v) is 2.53. The lowest BCUT2D eigenvalue weighted by Crippen LogP contribution is -2.04. The Kier molecular flexibility index (Phi) is 3.20. The number of benzene rings is 1. The van der Waals surface area contributed by atoms with E-state index in [0.29, 0.717) is 28.4 Å². The Labute approximate surface area is 135 Å². The number of fused-ring (bicyclic) bond motifs is 1. The summed E-state index contributed by atoms with van der Waals surface area (Å²) in [5.74, 6) is 0.402. The standard InChI is InChI=1S/C15H11ClN6O/c16-10-3-1-9(2-4-10)12-7-23-21-13(12)6-22-15-11(5-20-22)14(17)18-8-19-15/h1-5,7-8H,6H2,(H2,17,18,19). The van der Waals surface area contributed by atoms with Crippen LogP contribution in [0.1, 0.15) is 5.69 Å². The largest absolute Gasteiger partial charge is 0.383 e. The lowest BCUT2D eigenvalue weighted by atomic mass is 10.1. The van der Waals surface area contributed by atoms with E-state index < -0.39 is 0 Å². The monoisotopic (exact) mass is 326 g/mol. The molecule has 0 saturated heterocycles. The molecule has 0 aliphatic rings. The van der Waals surface area contributed by atoms with Gasteiger partial charge in [-0.05, 0) is 17.7 Å². The Morgan fingerprint density at radius 1 is 1.17 bits per heavy atom. The first-order valence-electron chi connectivity index (χ1n) is 6.83. The van der Waals surface area contributed by atoms with E-state index in [4.69, 9.17) is 21.9 Å². The van der Waals surface area contributed by atoms with Crippen molar-refractivity contribution in [3.63, 3.8) is 0 Å². The number of halogens is 1. The van der Waals surface area contributed by atoms with E-state index >= 15 is 0 Å². The number of hydrogen-bond acceptors (Lipinski definition) is 6. The molecule has 2 N–H and O–H groups in total. The molecule has 114 valence electrons. The summed E-state index contributed by atoms with van der Waals surface area (Å²) < 4.78 is 6.85. The quantitative estimate of drug-likeness (QED) is 0.622. The molecule has 0 bridgehead atoms. The van der Waals surface area contributed by atoms with Crippen molar-refractivity contribution in [2.24, 2.45) is 0 Å². The van der Waals surface area contributed by atoms with Crippen LogP contribution in [0.5, 0.6) is 0 Å². The van der Waals surface area contributed by atoms with E-state index in [0.717, 1.165) is 16.8 Å². The Morgan fingerprint density at radius 3 is 2.83 bits per heavy atom. The van der Waals surface area contributed by atoms with Crippen molar-refractivity contribution in [3.05, 3.63) is 53.8 Å². The molecule has 0 aliphatic carbocycles. The van der Waals surface area contributed by atoms with Gasteiger partial charge >= 0.3 is 0 Å². The third-order valence-electron chi connectivity index (χ3n) is 3.56. The van der Waals surface area contributed by atoms with Gasteiger partial charge in [-0.3, -0.25) is 0 Å². The average Bonchev–Trinajstić information content (AvgIpc) is 3.17. The minimum absolute atomic E-state index is 0.402. The number of nitrogen functional groups attached to an aromatic ring is 1. The van der Waals surface area contributed by atoms with Gasteiger partial charge in [0, 0.05) is 10.6 Å². The molecule has 1 aromatic carbocycles. The highest BCUT2D eigenvalue weighted by atomic mass is 35.5. The van der Waals surface area contributed by atoms with E-state index in [1.54, 1.807) is 17.1 Å². The summed E-state index contributed by atoms with van der Waals surface area (Å²) in [5.41, 5.74) is 9.08. The third kappa shape index (κ3) is 2.40. The Morgan fingerprint density at radius 2 is 2.00 bits per heavy atom. The van der Waals surface area contributed by atoms with Crippen LogP contribution in [0, 0.1) is 0 Å². The summed E-state index contributed by atoms with van der Waals surface area (Å²) in [5, 5.41) is 9.78. The first-order chi connectivity index (χ1) is 11.2. The second kappa shape index (κ2) is 5.36. The van der Waals surface area contributed by atoms with Crippen molar-refractivity contribution < 1.29 is 4.52 Å². The molecule has 0 atom stereocenters. The van der Waals surface area contributed by atoms with Gasteiger partial charge in [0.2, 0.25) is 0 Å². The molecule has 0 saturated carbocycles. The predicted octanol–water partition coefficient (Wildman–Crippen LogP) is 2.77. The number of nitrogens with zero attached hydrogens (tertiary/aromatic N) is 5. The van der Waals surface area contributed by atoms with Crippen LogP contribution >= 0.6 is 11.6 Å². The Bertz CT molecular complexity index is 975. The summed E-state index contributed by atoms with van der Waals surface area (Å²) in [6.45, 7) is 0.411. The summed E-state index contributed by atoms with van der Waals surface area (Å²) in [4.78, 5) is 8.19. The lowest BCUT2D eigenvalue weighted by molar-refractivity contribution is 0.408. The zero-order chi connectivity index (χ0) is 15.8. The van der Waals surface area contributed by atoms with Gasteiger partial charge in [0.05, 0.1) is 18.1 Å². The molecule has 3 heterocycles. The fourth-order valence-electron chi connectivity index (χ4n) is 2.41. The van der Waals surface area contributed by atoms with Gasteiger partial charge < -0.3 is 10.3 Å². The molecule has 3 aromatic heterocycles. The van der Waals surface area contributed by atoms with Gasteiger partial charge in [-0.2, -0.15) is 5.10 Å². The smallest absolute Gasteiger partial charge is 0.163 e. The van der Waals surface area contributed by atoms with Crippen molar-refractivity contribution in [1.29, 1.82) is 0 Å². The highest BCUT2D eigenvalue weighted by molar-refractivity contribution is 6.30. The third-order valence-corrected chi connectivity index (χ3v) is 3.82. The van der Waals surface area contributed by atoms with Crippen molar-refractivity contribution in [2.75, 3.05) is 5.73 Å². The zero-order valence-electron chi connectivity index (χ0n) is 11.8. The van der Waals surface area contributed by atoms with Gasteiger partial charge in [-0.1, -0.05) is 28.9 Å². The van der Waals surface area contributed by atoms with Crippen LogP contribution in [-0.4, -0.2) is 24.9 Å². The van der Waals surface area contributed by atoms with Gasteiger partial charge in [0.25, 0.3) is 0 Å². The molecule has 8 heteroatoms. The highest BCUT2D eigenvalue weighted by Crippen LogP contribution is 2.26. The lowest BCUT2D eigenvalue weighted by Gasteiger charge is -2.03. The number of hydrogen-bond donors (Lipinski definition) is 1. The number of rotatable bonds is 3. The molecule has 4 rings (SSSR count). The van der Waals surface area contributed by atoms with Crippen LogP contribution in [0.25, 0.3) is 22.2 Å². The van der Waals surface area contributed by atoms with Crippen LogP contribution in [0.4, 0.5) is 5.82 Å². The summed E-state index contributed by atoms with van der Waals surface area (Å²) in [7, 11) is 0. The summed E-state index contributed by atoms with van der Waals surface area (Å²) in [6, 6.07) is 7.48. The van der Waals surface area contributed by atoms with Crippen molar-refractivity contribution in [1.82, 2.24) is 24.9 Å². The molecule has 7 nitrogen and oxygen atoms in total. The highest BCUT2D eigenvalue weighted by Gasteiger charge is 2.14. The maximum atomic E-state index is 5.93. The van der Waals surface area contributed by atoms with Crippen LogP contribution in [-0.2, 0) is 6.54 Å². The summed E-state index contributed by atoms with van der Waals surface area (Å²) in [6.07, 6.45) is 4.67. The maximum Gasteiger partial charge on any atom is 0.163 e. The molecular formula is C15H11ClN6O. The van der Waals surface area contributed by atoms with E-state index in [9.17, 15) is 0 Å². The minimum Gasteiger partial charge on any atom is -0.383 e. The van der Waals surface area contributed by atoms with E-state index in [1.165, 1.54) is 6.33 Å². The van der Waals surface area contributed by atoms with Gasteiger partial charge in [0.15, 0.2) is 5.65 Å². The van der Waals surface area contributed by atoms with Crippen LogP contribution in [0.3, 0.4) is 0 Å². The average molecular weight is 327 g/mol. The Hall–Kier alpha value is -2.93. The second-order valence-electron chi connectivity index (χ2n) is 4.98. The molecule has 0 amide bonds. The van der Waals surface area contributed by atoms with Gasteiger partial charge in [-0.15, -0.1) is 0 Å². The molecule has 0 spiro atoms. The predicted molar refractivity (Wildman–Crippen MR) is 85.8 cm³/mol. The van der Waals surface area contributed by atoms with Crippen LogP contribution in [0.15, 0.2) is 47.6 Å². The molecule has 0 fully saturated rings. The fraction of sp³-hybridized carbons (Fsp3) is 0.0667. The van der Waals surface area contributed by atoms with Gasteiger partial charge in [0.1, 0.15) is 24.1 Å². The zero-order valence-corrected chi connectivity index (χ0v) is 12.6. The molecule has 23 heavy (non-hydrogen) atoms. The molecule has 0 unspecified atom stereocenters. The Balaban J connectivity index is 1.73. The SMILES string of the molecule is Nc1ncnc2c1cnn2Cc1nocc1-c1ccc(Cl)cc1.